The number of rotatable bonds is 1. The molecule has 1 rings (SSSR count). The van der Waals surface area contributed by atoms with Crippen LogP contribution in [0.4, 0.5) is 10.5 Å². The summed E-state index contributed by atoms with van der Waals surface area (Å²) >= 11 is 0. The van der Waals surface area contributed by atoms with Crippen molar-refractivity contribution in [2.24, 2.45) is 0 Å². The maximum absolute atomic E-state index is 11.2. The first-order chi connectivity index (χ1) is 6.66. The Bertz CT molecular complexity index is 337. The van der Waals surface area contributed by atoms with E-state index in [1.54, 1.807) is 18.3 Å². The van der Waals surface area contributed by atoms with Gasteiger partial charge in [0.2, 0.25) is 5.91 Å². The van der Waals surface area contributed by atoms with Gasteiger partial charge in [0.05, 0.1) is 19.0 Å². The van der Waals surface area contributed by atoms with Crippen molar-refractivity contribution < 1.29 is 14.3 Å². The number of methoxy groups -OCH3 is 1. The van der Waals surface area contributed by atoms with Crippen molar-refractivity contribution in [3.63, 3.8) is 0 Å². The lowest BCUT2D eigenvalue weighted by Crippen LogP contribution is -2.35. The van der Waals surface area contributed by atoms with Crippen LogP contribution in [-0.4, -0.2) is 24.1 Å². The summed E-state index contributed by atoms with van der Waals surface area (Å²) in [6, 6.07) is 3.24. The van der Waals surface area contributed by atoms with Crippen LogP contribution in [0.1, 0.15) is 6.92 Å². The standard InChI is InChI=1S/C9H10N2O3/c1-7(12)11(9(13)14-2)8-4-3-5-10-6-8/h3-6H,1-2H3. The van der Waals surface area contributed by atoms with Gasteiger partial charge in [-0.3, -0.25) is 9.78 Å². The van der Waals surface area contributed by atoms with Crippen molar-refractivity contribution >= 4 is 17.7 Å². The largest absolute Gasteiger partial charge is 0.452 e. The molecule has 0 aliphatic rings. The summed E-state index contributed by atoms with van der Waals surface area (Å²) < 4.78 is 4.47. The van der Waals surface area contributed by atoms with Crippen LogP contribution in [0.2, 0.25) is 0 Å². The highest BCUT2D eigenvalue weighted by Crippen LogP contribution is 2.12. The number of carbonyl (C=O) groups is 2. The molecule has 14 heavy (non-hydrogen) atoms. The first-order valence-electron chi connectivity index (χ1n) is 3.95. The van der Waals surface area contributed by atoms with Crippen LogP contribution in [0.5, 0.6) is 0 Å². The highest BCUT2D eigenvalue weighted by molar-refractivity contribution is 6.11. The quantitative estimate of drug-likeness (QED) is 0.674. The Morgan fingerprint density at radius 1 is 1.50 bits per heavy atom. The van der Waals surface area contributed by atoms with Crippen LogP contribution >= 0.6 is 0 Å². The molecule has 0 N–H and O–H groups in total. The second-order valence-corrected chi connectivity index (χ2v) is 2.54. The molecule has 0 spiro atoms. The lowest BCUT2D eigenvalue weighted by Gasteiger charge is -2.16. The highest BCUT2D eigenvalue weighted by atomic mass is 16.5. The van der Waals surface area contributed by atoms with Crippen molar-refractivity contribution in [1.29, 1.82) is 0 Å². The number of imide groups is 1. The Kier molecular flexibility index (Phi) is 3.17. The summed E-state index contributed by atoms with van der Waals surface area (Å²) in [5.41, 5.74) is 0.395. The van der Waals surface area contributed by atoms with Crippen molar-refractivity contribution in [2.75, 3.05) is 12.0 Å². The Morgan fingerprint density at radius 2 is 2.21 bits per heavy atom. The molecule has 0 aromatic carbocycles. The molecular formula is C9H10N2O3. The van der Waals surface area contributed by atoms with Gasteiger partial charge >= 0.3 is 6.09 Å². The van der Waals surface area contributed by atoms with Crippen LogP contribution in [0.25, 0.3) is 0 Å². The highest BCUT2D eigenvalue weighted by Gasteiger charge is 2.20. The van der Waals surface area contributed by atoms with E-state index in [1.807, 2.05) is 0 Å². The maximum atomic E-state index is 11.2. The molecule has 0 radical (unpaired) electrons. The van der Waals surface area contributed by atoms with Gasteiger partial charge in [0.15, 0.2) is 0 Å². The number of pyridine rings is 1. The minimum atomic E-state index is -0.717. The molecule has 74 valence electrons. The van der Waals surface area contributed by atoms with Gasteiger partial charge in [0.1, 0.15) is 0 Å². The Hall–Kier alpha value is -1.91. The second-order valence-electron chi connectivity index (χ2n) is 2.54. The van der Waals surface area contributed by atoms with Gasteiger partial charge in [-0.05, 0) is 12.1 Å². The zero-order valence-electron chi connectivity index (χ0n) is 7.93. The Labute approximate surface area is 81.3 Å². The van der Waals surface area contributed by atoms with Crippen LogP contribution in [0.3, 0.4) is 0 Å². The minimum absolute atomic E-state index is 0.395. The number of carbonyl (C=O) groups excluding carboxylic acids is 2. The van der Waals surface area contributed by atoms with Crippen LogP contribution < -0.4 is 4.90 Å². The number of hydrogen-bond acceptors (Lipinski definition) is 4. The van der Waals surface area contributed by atoms with Gasteiger partial charge in [-0.2, -0.15) is 0 Å². The minimum Gasteiger partial charge on any atom is -0.452 e. The maximum Gasteiger partial charge on any atom is 0.420 e. The van der Waals surface area contributed by atoms with Crippen molar-refractivity contribution in [3.05, 3.63) is 24.5 Å². The van der Waals surface area contributed by atoms with Gasteiger partial charge in [-0.1, -0.05) is 0 Å². The molecule has 0 unspecified atom stereocenters. The van der Waals surface area contributed by atoms with E-state index in [2.05, 4.69) is 9.72 Å². The molecule has 5 heteroatoms. The van der Waals surface area contributed by atoms with Crippen LogP contribution in [-0.2, 0) is 9.53 Å². The fraction of sp³-hybridized carbons (Fsp3) is 0.222. The molecule has 0 saturated carbocycles. The Morgan fingerprint density at radius 3 is 2.64 bits per heavy atom. The third-order valence-electron chi connectivity index (χ3n) is 1.58. The van der Waals surface area contributed by atoms with Gasteiger partial charge < -0.3 is 4.74 Å². The molecule has 0 fully saturated rings. The molecule has 1 heterocycles. The predicted octanol–water partition coefficient (Wildman–Crippen LogP) is 1.20. The summed E-state index contributed by atoms with van der Waals surface area (Å²) in [6.07, 6.45) is 2.25. The van der Waals surface area contributed by atoms with Crippen LogP contribution in [0.15, 0.2) is 24.5 Å². The van der Waals surface area contributed by atoms with Crippen molar-refractivity contribution in [2.45, 2.75) is 6.92 Å². The number of aromatic nitrogens is 1. The van der Waals surface area contributed by atoms with Gasteiger partial charge in [0.25, 0.3) is 0 Å². The van der Waals surface area contributed by atoms with E-state index in [9.17, 15) is 9.59 Å². The number of amides is 2. The topological polar surface area (TPSA) is 59.5 Å². The fourth-order valence-electron chi connectivity index (χ4n) is 0.993. The summed E-state index contributed by atoms with van der Waals surface area (Å²) in [5.74, 6) is -0.412. The zero-order valence-corrected chi connectivity index (χ0v) is 7.93. The van der Waals surface area contributed by atoms with E-state index in [4.69, 9.17) is 0 Å². The van der Waals surface area contributed by atoms with Gasteiger partial charge in [-0.25, -0.2) is 9.69 Å². The first kappa shape index (κ1) is 10.2. The predicted molar refractivity (Wildman–Crippen MR) is 49.8 cm³/mol. The molecule has 2 amide bonds. The van der Waals surface area contributed by atoms with Gasteiger partial charge in [-0.15, -0.1) is 0 Å². The second kappa shape index (κ2) is 4.36. The van der Waals surface area contributed by atoms with E-state index < -0.39 is 12.0 Å². The van der Waals surface area contributed by atoms with E-state index in [-0.39, 0.29) is 0 Å². The third-order valence-corrected chi connectivity index (χ3v) is 1.58. The summed E-state index contributed by atoms with van der Waals surface area (Å²) in [4.78, 5) is 27.1. The molecule has 0 saturated heterocycles. The summed E-state index contributed by atoms with van der Waals surface area (Å²) in [5, 5.41) is 0. The van der Waals surface area contributed by atoms with Crippen molar-refractivity contribution in [1.82, 2.24) is 4.98 Å². The number of nitrogens with zero attached hydrogens (tertiary/aromatic N) is 2. The number of ether oxygens (including phenoxy) is 1. The molecule has 0 atom stereocenters. The lowest BCUT2D eigenvalue weighted by molar-refractivity contribution is -0.116. The monoisotopic (exact) mass is 194 g/mol. The fourth-order valence-corrected chi connectivity index (χ4v) is 0.993. The van der Waals surface area contributed by atoms with Gasteiger partial charge in [0, 0.05) is 13.1 Å². The molecule has 1 aromatic heterocycles. The average Bonchev–Trinajstić information content (AvgIpc) is 2.19. The zero-order chi connectivity index (χ0) is 10.6. The summed E-state index contributed by atoms with van der Waals surface area (Å²) in [7, 11) is 1.22. The summed E-state index contributed by atoms with van der Waals surface area (Å²) in [6.45, 7) is 1.28. The van der Waals surface area contributed by atoms with E-state index in [1.165, 1.54) is 20.2 Å². The molecule has 5 nitrogen and oxygen atoms in total. The third kappa shape index (κ3) is 2.07. The Balaban J connectivity index is 3.01. The molecule has 0 aliphatic carbocycles. The molecule has 0 bridgehead atoms. The molecule has 1 aromatic rings. The molecular weight excluding hydrogens is 184 g/mol. The number of anilines is 1. The normalized spacial score (nSPS) is 9.29. The van der Waals surface area contributed by atoms with E-state index in [0.29, 0.717) is 5.69 Å². The average molecular weight is 194 g/mol. The van der Waals surface area contributed by atoms with Crippen LogP contribution in [0, 0.1) is 0 Å². The lowest BCUT2D eigenvalue weighted by atomic mass is 10.4. The SMILES string of the molecule is COC(=O)N(C(C)=O)c1cccnc1. The van der Waals surface area contributed by atoms with Crippen molar-refractivity contribution in [3.8, 4) is 0 Å². The van der Waals surface area contributed by atoms with E-state index in [0.717, 1.165) is 4.90 Å². The smallest absolute Gasteiger partial charge is 0.420 e. The number of hydrogen-bond donors (Lipinski definition) is 0. The van der Waals surface area contributed by atoms with E-state index >= 15 is 0 Å². The first-order valence-corrected chi connectivity index (χ1v) is 3.95. The molecule has 0 aliphatic heterocycles.